The average molecular weight is 678 g/mol. The normalized spacial score (nSPS) is 21.8. The minimum atomic E-state index is -1.45. The number of fused-ring (bicyclic) bond motifs is 1. The fraction of sp³-hybridized carbons (Fsp3) is 0.333. The molecule has 3 aromatic heterocycles. The van der Waals surface area contributed by atoms with E-state index in [1.807, 2.05) is 41.3 Å². The summed E-state index contributed by atoms with van der Waals surface area (Å²) in [4.78, 5) is 46.0. The molecule has 0 bridgehead atoms. The Bertz CT molecular complexity index is 1890. The molecule has 2 saturated heterocycles. The minimum absolute atomic E-state index is 0.0134. The summed E-state index contributed by atoms with van der Waals surface area (Å²) in [5.41, 5.74) is 3.57. The number of hydrogen-bond donors (Lipinski definition) is 5. The second-order valence-electron chi connectivity index (χ2n) is 12.4. The smallest absolute Gasteiger partial charge is 0.252 e. The summed E-state index contributed by atoms with van der Waals surface area (Å²) >= 11 is 0. The third-order valence-corrected chi connectivity index (χ3v) is 9.16. The van der Waals surface area contributed by atoms with Crippen molar-refractivity contribution in [3.05, 3.63) is 108 Å². The fourth-order valence-electron chi connectivity index (χ4n) is 6.57. The Kier molecular flexibility index (Phi) is 9.65. The predicted octanol–water partition coefficient (Wildman–Crippen LogP) is 2.23. The molecule has 5 aromatic rings. The van der Waals surface area contributed by atoms with E-state index in [9.17, 15) is 19.8 Å². The van der Waals surface area contributed by atoms with Crippen LogP contribution in [0.1, 0.15) is 47.0 Å². The lowest BCUT2D eigenvalue weighted by atomic mass is 9.91. The van der Waals surface area contributed by atoms with Crippen molar-refractivity contribution >= 4 is 34.7 Å². The number of benzene rings is 2. The molecule has 5 heterocycles. The molecular weight excluding hydrogens is 638 g/mol. The van der Waals surface area contributed by atoms with Crippen LogP contribution in [0.25, 0.3) is 11.2 Å². The van der Waals surface area contributed by atoms with Crippen molar-refractivity contribution in [1.29, 1.82) is 0 Å². The summed E-state index contributed by atoms with van der Waals surface area (Å²) in [6, 6.07) is 23.6. The van der Waals surface area contributed by atoms with Crippen molar-refractivity contribution in [2.75, 3.05) is 36.4 Å². The van der Waals surface area contributed by atoms with Gasteiger partial charge in [0.1, 0.15) is 12.2 Å². The number of pyridine rings is 1. The molecule has 7 rings (SSSR count). The number of nitrogens with zero attached hydrogens (tertiary/aromatic N) is 6. The van der Waals surface area contributed by atoms with E-state index < -0.39 is 30.4 Å². The van der Waals surface area contributed by atoms with E-state index in [1.54, 1.807) is 31.5 Å². The summed E-state index contributed by atoms with van der Waals surface area (Å²) in [5.74, 6) is 0.148. The predicted molar refractivity (Wildman–Crippen MR) is 185 cm³/mol. The fourth-order valence-corrected chi connectivity index (χ4v) is 6.57. The van der Waals surface area contributed by atoms with E-state index in [0.717, 1.165) is 11.1 Å². The number of likely N-dealkylation sites (N-methyl/N-ethyl adjacent to an activating group) is 1. The lowest BCUT2D eigenvalue weighted by Crippen LogP contribution is -2.42. The highest BCUT2D eigenvalue weighted by atomic mass is 16.6. The van der Waals surface area contributed by atoms with Crippen LogP contribution in [-0.4, -0.2) is 97.1 Å². The van der Waals surface area contributed by atoms with Crippen molar-refractivity contribution in [3.63, 3.8) is 0 Å². The van der Waals surface area contributed by atoms with Crippen molar-refractivity contribution < 1.29 is 24.5 Å². The Morgan fingerprint density at radius 1 is 0.960 bits per heavy atom. The van der Waals surface area contributed by atoms with Gasteiger partial charge in [-0.15, -0.1) is 0 Å². The zero-order valence-corrected chi connectivity index (χ0v) is 27.5. The summed E-state index contributed by atoms with van der Waals surface area (Å²) in [5, 5.41) is 31.1. The summed E-state index contributed by atoms with van der Waals surface area (Å²) in [7, 11) is 0. The molecule has 50 heavy (non-hydrogen) atoms. The van der Waals surface area contributed by atoms with Gasteiger partial charge in [-0.25, -0.2) is 4.98 Å². The molecule has 258 valence electrons. The Labute approximate surface area is 288 Å². The van der Waals surface area contributed by atoms with E-state index in [2.05, 4.69) is 50.2 Å². The average Bonchev–Trinajstić information content (AvgIpc) is 3.87. The zero-order chi connectivity index (χ0) is 34.6. The first kappa shape index (κ1) is 33.1. The largest absolute Gasteiger partial charge is 0.387 e. The highest BCUT2D eigenvalue weighted by Gasteiger charge is 2.47. The highest BCUT2D eigenvalue weighted by Crippen LogP contribution is 2.34. The van der Waals surface area contributed by atoms with Crippen LogP contribution in [-0.2, 0) is 9.53 Å². The Morgan fingerprint density at radius 2 is 1.66 bits per heavy atom. The third kappa shape index (κ3) is 6.72. The molecule has 2 aliphatic heterocycles. The van der Waals surface area contributed by atoms with Crippen LogP contribution in [0.15, 0.2) is 91.5 Å². The number of rotatable bonds is 11. The van der Waals surface area contributed by atoms with Gasteiger partial charge in [0.25, 0.3) is 11.8 Å². The number of ether oxygens (including phenoxy) is 1. The first-order chi connectivity index (χ1) is 24.4. The van der Waals surface area contributed by atoms with Crippen LogP contribution in [0.4, 0.5) is 11.8 Å². The van der Waals surface area contributed by atoms with Crippen molar-refractivity contribution in [2.45, 2.75) is 49.8 Å². The van der Waals surface area contributed by atoms with Gasteiger partial charge in [0.05, 0.1) is 6.33 Å². The molecule has 5 atom stereocenters. The number of amides is 2. The molecule has 14 heteroatoms. The van der Waals surface area contributed by atoms with Gasteiger partial charge in [0.15, 0.2) is 29.3 Å². The Balaban J connectivity index is 1.21. The molecule has 2 fully saturated rings. The van der Waals surface area contributed by atoms with Crippen LogP contribution < -0.4 is 20.9 Å². The van der Waals surface area contributed by atoms with E-state index in [0.29, 0.717) is 61.1 Å². The quantitative estimate of drug-likeness (QED) is 0.138. The Morgan fingerprint density at radius 3 is 2.34 bits per heavy atom. The van der Waals surface area contributed by atoms with Gasteiger partial charge >= 0.3 is 0 Å². The Hall–Kier alpha value is -5.44. The van der Waals surface area contributed by atoms with Crippen molar-refractivity contribution in [3.8, 4) is 0 Å². The third-order valence-electron chi connectivity index (χ3n) is 9.16. The van der Waals surface area contributed by atoms with Crippen LogP contribution >= 0.6 is 0 Å². The second-order valence-corrected chi connectivity index (χ2v) is 12.4. The SMILES string of the molecule is CCNC(=O)[C@H]1O[C@@H](n2cnc3c(NCC(c4ccccc4)c4ccccc4)nc(N4CC[C@@H](NC(=O)c5ccncc5)C4)nc32)[C@@H](O)[C@@H]1O. The summed E-state index contributed by atoms with van der Waals surface area (Å²) in [6.07, 6.45) is 0.0345. The van der Waals surface area contributed by atoms with Crippen molar-refractivity contribution in [1.82, 2.24) is 35.1 Å². The van der Waals surface area contributed by atoms with Crippen molar-refractivity contribution in [2.24, 2.45) is 0 Å². The standard InChI is InChI=1S/C36H39N9O5/c1-2-38-34(49)30-28(46)29(47)35(50-30)45-21-40-27-31(39-19-26(22-9-5-3-6-10-22)23-11-7-4-8-12-23)42-36(43-32(27)45)44-18-15-25(20-44)41-33(48)24-13-16-37-17-14-24/h3-14,16-17,21,25-26,28-30,35,46-47H,2,15,18-20H2,1H3,(H,38,49)(H,41,48)(H,39,42,43)/t25-,28+,29+,30+,35-/m1/s1. The van der Waals surface area contributed by atoms with Crippen LogP contribution in [0.5, 0.6) is 0 Å². The maximum atomic E-state index is 12.9. The number of aliphatic hydroxyl groups excluding tert-OH is 2. The van der Waals surface area contributed by atoms with E-state index >= 15 is 0 Å². The minimum Gasteiger partial charge on any atom is -0.387 e. The van der Waals surface area contributed by atoms with E-state index in [4.69, 9.17) is 14.7 Å². The van der Waals surface area contributed by atoms with Gasteiger partial charge in [-0.1, -0.05) is 60.7 Å². The van der Waals surface area contributed by atoms with Gasteiger partial charge in [-0.05, 0) is 36.6 Å². The number of nitrogens with one attached hydrogen (secondary N) is 3. The summed E-state index contributed by atoms with van der Waals surface area (Å²) < 4.78 is 7.47. The molecule has 5 N–H and O–H groups in total. The molecule has 0 radical (unpaired) electrons. The summed E-state index contributed by atoms with van der Waals surface area (Å²) in [6.45, 7) is 3.64. The van der Waals surface area contributed by atoms with E-state index in [-0.39, 0.29) is 17.9 Å². The topological polar surface area (TPSA) is 180 Å². The molecule has 14 nitrogen and oxygen atoms in total. The molecule has 2 aliphatic rings. The molecule has 0 saturated carbocycles. The number of anilines is 2. The van der Waals surface area contributed by atoms with Crippen LogP contribution in [0, 0.1) is 0 Å². The monoisotopic (exact) mass is 677 g/mol. The number of carbonyl (C=O) groups is 2. The van der Waals surface area contributed by atoms with Crippen LogP contribution in [0.2, 0.25) is 0 Å². The molecule has 2 amide bonds. The van der Waals surface area contributed by atoms with Gasteiger partial charge in [-0.3, -0.25) is 19.1 Å². The van der Waals surface area contributed by atoms with Crippen LogP contribution in [0.3, 0.4) is 0 Å². The number of aliphatic hydroxyl groups is 2. The van der Waals surface area contributed by atoms with Gasteiger partial charge < -0.3 is 35.8 Å². The first-order valence-electron chi connectivity index (χ1n) is 16.7. The van der Waals surface area contributed by atoms with Gasteiger partial charge in [0, 0.05) is 56.1 Å². The number of aromatic nitrogens is 5. The van der Waals surface area contributed by atoms with E-state index in [1.165, 1.54) is 10.9 Å². The maximum Gasteiger partial charge on any atom is 0.252 e. The molecule has 0 unspecified atom stereocenters. The first-order valence-corrected chi connectivity index (χ1v) is 16.7. The number of imidazole rings is 1. The maximum absolute atomic E-state index is 12.9. The lowest BCUT2D eigenvalue weighted by Gasteiger charge is -2.22. The molecular formula is C36H39N9O5. The molecule has 2 aromatic carbocycles. The zero-order valence-electron chi connectivity index (χ0n) is 27.5. The highest BCUT2D eigenvalue weighted by molar-refractivity contribution is 5.94. The number of hydrogen-bond acceptors (Lipinski definition) is 11. The lowest BCUT2D eigenvalue weighted by molar-refractivity contribution is -0.137. The van der Waals surface area contributed by atoms with Gasteiger partial charge in [0.2, 0.25) is 5.95 Å². The van der Waals surface area contributed by atoms with Gasteiger partial charge in [-0.2, -0.15) is 9.97 Å². The number of carbonyl (C=O) groups excluding carboxylic acids is 2. The molecule has 0 spiro atoms. The molecule has 0 aliphatic carbocycles. The second kappa shape index (κ2) is 14.6.